The van der Waals surface area contributed by atoms with Crippen molar-refractivity contribution in [2.45, 2.75) is 19.1 Å². The van der Waals surface area contributed by atoms with Crippen LogP contribution in [-0.4, -0.2) is 11.6 Å². The summed E-state index contributed by atoms with van der Waals surface area (Å²) in [5.74, 6) is 0. The van der Waals surface area contributed by atoms with E-state index in [0.717, 1.165) is 17.0 Å². The highest BCUT2D eigenvalue weighted by atomic mass is 19.4. The molecule has 0 aliphatic carbocycles. The van der Waals surface area contributed by atoms with Crippen LogP contribution in [0.25, 0.3) is 10.9 Å². The average molecular weight is 256 g/mol. The molecule has 0 saturated heterocycles. The van der Waals surface area contributed by atoms with Gasteiger partial charge in [-0.2, -0.15) is 13.2 Å². The maximum absolute atomic E-state index is 12.7. The second kappa shape index (κ2) is 4.31. The molecule has 0 amide bonds. The Morgan fingerprint density at radius 3 is 2.50 bits per heavy atom. The third-order valence-electron chi connectivity index (χ3n) is 3.25. The molecule has 0 aliphatic heterocycles. The number of hydrogen-bond donors (Lipinski definition) is 1. The molecule has 2 nitrogen and oxygen atoms in total. The summed E-state index contributed by atoms with van der Waals surface area (Å²) < 4.78 is 39.7. The van der Waals surface area contributed by atoms with Gasteiger partial charge >= 0.3 is 6.18 Å². The predicted molar refractivity (Wildman–Crippen MR) is 65.4 cm³/mol. The summed E-state index contributed by atoms with van der Waals surface area (Å²) in [5, 5.41) is 3.95. The van der Waals surface area contributed by atoms with Crippen LogP contribution in [0.2, 0.25) is 0 Å². The molecule has 1 atom stereocenters. The van der Waals surface area contributed by atoms with Gasteiger partial charge < -0.3 is 9.88 Å². The summed E-state index contributed by atoms with van der Waals surface area (Å²) in [4.78, 5) is 0. The number of alkyl halides is 3. The van der Waals surface area contributed by atoms with Crippen molar-refractivity contribution < 1.29 is 13.2 Å². The van der Waals surface area contributed by atoms with E-state index < -0.39 is 11.7 Å². The van der Waals surface area contributed by atoms with E-state index in [1.807, 2.05) is 20.2 Å². The molecule has 1 aromatic carbocycles. The molecule has 0 radical (unpaired) electrons. The monoisotopic (exact) mass is 256 g/mol. The lowest BCUT2D eigenvalue weighted by atomic mass is 10.1. The van der Waals surface area contributed by atoms with E-state index >= 15 is 0 Å². The summed E-state index contributed by atoms with van der Waals surface area (Å²) in [6.07, 6.45) is -2.43. The van der Waals surface area contributed by atoms with E-state index in [-0.39, 0.29) is 6.04 Å². The standard InChI is InChI=1S/C13H15F3N2/c1-8(17-2)11-7-18(3)12-6-9(13(14,15)16)4-5-10(11)12/h4-8,17H,1-3H3. The van der Waals surface area contributed by atoms with Crippen LogP contribution in [0.3, 0.4) is 0 Å². The summed E-state index contributed by atoms with van der Waals surface area (Å²) in [7, 11) is 3.59. The highest BCUT2D eigenvalue weighted by Gasteiger charge is 2.31. The lowest BCUT2D eigenvalue weighted by Crippen LogP contribution is -2.11. The Balaban J connectivity index is 2.63. The first-order valence-electron chi connectivity index (χ1n) is 5.68. The van der Waals surface area contributed by atoms with Crippen molar-refractivity contribution in [3.05, 3.63) is 35.5 Å². The maximum Gasteiger partial charge on any atom is 0.416 e. The van der Waals surface area contributed by atoms with E-state index in [0.29, 0.717) is 5.52 Å². The van der Waals surface area contributed by atoms with Gasteiger partial charge in [-0.05, 0) is 31.7 Å². The van der Waals surface area contributed by atoms with Gasteiger partial charge in [0.25, 0.3) is 0 Å². The van der Waals surface area contributed by atoms with Gasteiger partial charge in [0.15, 0.2) is 0 Å². The third-order valence-corrected chi connectivity index (χ3v) is 3.25. The number of halogens is 3. The summed E-state index contributed by atoms with van der Waals surface area (Å²) >= 11 is 0. The van der Waals surface area contributed by atoms with Crippen molar-refractivity contribution in [1.82, 2.24) is 9.88 Å². The Kier molecular flexibility index (Phi) is 3.11. The number of aromatic nitrogens is 1. The zero-order chi connectivity index (χ0) is 13.5. The van der Waals surface area contributed by atoms with Gasteiger partial charge in [0, 0.05) is 30.2 Å². The van der Waals surface area contributed by atoms with Gasteiger partial charge in [-0.25, -0.2) is 0 Å². The third kappa shape index (κ3) is 2.10. The fourth-order valence-electron chi connectivity index (χ4n) is 2.09. The quantitative estimate of drug-likeness (QED) is 0.870. The van der Waals surface area contributed by atoms with Gasteiger partial charge in [-0.15, -0.1) is 0 Å². The molecule has 0 aliphatic rings. The highest BCUT2D eigenvalue weighted by Crippen LogP contribution is 2.33. The molecule has 2 rings (SSSR count). The second-order valence-corrected chi connectivity index (χ2v) is 4.44. The van der Waals surface area contributed by atoms with E-state index in [4.69, 9.17) is 0 Å². The Morgan fingerprint density at radius 2 is 1.94 bits per heavy atom. The normalized spacial score (nSPS) is 14.1. The zero-order valence-corrected chi connectivity index (χ0v) is 10.5. The Bertz CT molecular complexity index is 569. The van der Waals surface area contributed by atoms with Crippen LogP contribution in [0, 0.1) is 0 Å². The van der Waals surface area contributed by atoms with Crippen molar-refractivity contribution in [2.24, 2.45) is 7.05 Å². The van der Waals surface area contributed by atoms with Crippen molar-refractivity contribution in [3.63, 3.8) is 0 Å². The first kappa shape index (κ1) is 13.0. The largest absolute Gasteiger partial charge is 0.416 e. The van der Waals surface area contributed by atoms with Crippen LogP contribution in [0.4, 0.5) is 13.2 Å². The molecule has 1 unspecified atom stereocenters. The highest BCUT2D eigenvalue weighted by molar-refractivity contribution is 5.85. The fraction of sp³-hybridized carbons (Fsp3) is 0.385. The number of rotatable bonds is 2. The van der Waals surface area contributed by atoms with Crippen molar-refractivity contribution in [2.75, 3.05) is 7.05 Å². The topological polar surface area (TPSA) is 17.0 Å². The smallest absolute Gasteiger partial charge is 0.350 e. The zero-order valence-electron chi connectivity index (χ0n) is 10.5. The molecule has 18 heavy (non-hydrogen) atoms. The minimum atomic E-state index is -4.30. The molecule has 2 aromatic rings. The molecule has 0 saturated carbocycles. The average Bonchev–Trinajstić information content (AvgIpc) is 2.64. The van der Waals surface area contributed by atoms with Crippen molar-refractivity contribution >= 4 is 10.9 Å². The van der Waals surface area contributed by atoms with Crippen LogP contribution in [0.15, 0.2) is 24.4 Å². The fourth-order valence-corrected chi connectivity index (χ4v) is 2.09. The van der Waals surface area contributed by atoms with Gasteiger partial charge in [-0.1, -0.05) is 6.07 Å². The Labute approximate surface area is 103 Å². The number of aryl methyl sites for hydroxylation is 1. The summed E-state index contributed by atoms with van der Waals surface area (Å²) in [6, 6.07) is 3.97. The number of nitrogens with zero attached hydrogens (tertiary/aromatic N) is 1. The summed E-state index contributed by atoms with van der Waals surface area (Å²) in [6.45, 7) is 1.98. The van der Waals surface area contributed by atoms with E-state index in [2.05, 4.69) is 5.32 Å². The van der Waals surface area contributed by atoms with Crippen LogP contribution < -0.4 is 5.32 Å². The number of fused-ring (bicyclic) bond motifs is 1. The van der Waals surface area contributed by atoms with Crippen LogP contribution in [-0.2, 0) is 13.2 Å². The van der Waals surface area contributed by atoms with Gasteiger partial charge in [-0.3, -0.25) is 0 Å². The predicted octanol–water partition coefficient (Wildman–Crippen LogP) is 3.48. The molecule has 98 valence electrons. The van der Waals surface area contributed by atoms with Crippen molar-refractivity contribution in [1.29, 1.82) is 0 Å². The van der Waals surface area contributed by atoms with Gasteiger partial charge in [0.2, 0.25) is 0 Å². The Morgan fingerprint density at radius 1 is 1.28 bits per heavy atom. The molecule has 1 N–H and O–H groups in total. The SMILES string of the molecule is CNC(C)c1cn(C)c2cc(C(F)(F)F)ccc12. The minimum Gasteiger partial charge on any atom is -0.350 e. The molecule has 0 spiro atoms. The lowest BCUT2D eigenvalue weighted by molar-refractivity contribution is -0.137. The molecule has 1 heterocycles. The second-order valence-electron chi connectivity index (χ2n) is 4.44. The first-order valence-corrected chi connectivity index (χ1v) is 5.68. The van der Waals surface area contributed by atoms with Crippen molar-refractivity contribution in [3.8, 4) is 0 Å². The molecular weight excluding hydrogens is 241 g/mol. The number of hydrogen-bond acceptors (Lipinski definition) is 1. The van der Waals surface area contributed by atoms with Gasteiger partial charge in [0.1, 0.15) is 0 Å². The minimum absolute atomic E-state index is 0.102. The molecule has 0 fully saturated rings. The molecule has 1 aromatic heterocycles. The van der Waals surface area contributed by atoms with E-state index in [1.165, 1.54) is 6.07 Å². The first-order chi connectivity index (χ1) is 8.34. The van der Waals surface area contributed by atoms with Gasteiger partial charge in [0.05, 0.1) is 5.56 Å². The number of nitrogens with one attached hydrogen (secondary N) is 1. The van der Waals surface area contributed by atoms with E-state index in [9.17, 15) is 13.2 Å². The lowest BCUT2D eigenvalue weighted by Gasteiger charge is -2.09. The Hall–Kier alpha value is -1.49. The molecule has 0 bridgehead atoms. The van der Waals surface area contributed by atoms with Crippen LogP contribution in [0.1, 0.15) is 24.1 Å². The van der Waals surface area contributed by atoms with Crippen LogP contribution >= 0.6 is 0 Å². The molecule has 5 heteroatoms. The summed E-state index contributed by atoms with van der Waals surface area (Å²) in [5.41, 5.74) is 0.991. The number of benzene rings is 1. The maximum atomic E-state index is 12.7. The molecular formula is C13H15F3N2. The van der Waals surface area contributed by atoms with Crippen LogP contribution in [0.5, 0.6) is 0 Å². The van der Waals surface area contributed by atoms with E-state index in [1.54, 1.807) is 17.7 Å².